The van der Waals surface area contributed by atoms with Crippen LogP contribution in [0, 0.1) is 0 Å². The van der Waals surface area contributed by atoms with Crippen LogP contribution in [0.3, 0.4) is 0 Å². The number of carboxylic acid groups (broad SMARTS) is 1. The third kappa shape index (κ3) is 3.93. The van der Waals surface area contributed by atoms with E-state index in [0.717, 1.165) is 4.47 Å². The van der Waals surface area contributed by atoms with E-state index >= 15 is 0 Å². The maximum atomic E-state index is 12.2. The van der Waals surface area contributed by atoms with Gasteiger partial charge in [0.2, 0.25) is 0 Å². The second kappa shape index (κ2) is 6.72. The first-order valence-electron chi connectivity index (χ1n) is 5.67. The molecule has 0 aliphatic carbocycles. The van der Waals surface area contributed by atoms with Crippen LogP contribution in [0.1, 0.15) is 20.7 Å². The van der Waals surface area contributed by atoms with Gasteiger partial charge < -0.3 is 10.4 Å². The van der Waals surface area contributed by atoms with Gasteiger partial charge in [-0.2, -0.15) is 0 Å². The minimum absolute atomic E-state index is 0.0194. The number of anilines is 1. The highest BCUT2D eigenvalue weighted by atomic mass is 79.9. The predicted octanol–water partition coefficient (Wildman–Crippen LogP) is 4.92. The van der Waals surface area contributed by atoms with Crippen LogP contribution < -0.4 is 5.32 Å². The van der Waals surface area contributed by atoms with Crippen LogP contribution in [-0.2, 0) is 0 Å². The molecule has 0 atom stereocenters. The molecule has 2 rings (SSSR count). The number of hydrogen-bond acceptors (Lipinski definition) is 2. The summed E-state index contributed by atoms with van der Waals surface area (Å²) < 4.78 is 2.08. The van der Waals surface area contributed by atoms with Crippen molar-refractivity contribution in [1.29, 1.82) is 0 Å². The van der Waals surface area contributed by atoms with Gasteiger partial charge in [-0.3, -0.25) is 4.79 Å². The molecule has 0 saturated carbocycles. The number of amides is 1. The van der Waals surface area contributed by atoms with Crippen molar-refractivity contribution in [3.05, 3.63) is 60.9 Å². The van der Waals surface area contributed by atoms with E-state index in [4.69, 9.17) is 0 Å². The summed E-state index contributed by atoms with van der Waals surface area (Å²) in [4.78, 5) is 23.5. The van der Waals surface area contributed by atoms with Gasteiger partial charge in [0.25, 0.3) is 5.91 Å². The van der Waals surface area contributed by atoms with Gasteiger partial charge in [0.1, 0.15) is 0 Å². The Bertz CT molecular complexity index is 731. The van der Waals surface area contributed by atoms with E-state index in [1.807, 2.05) is 0 Å². The molecule has 4 nitrogen and oxygen atoms in total. The van der Waals surface area contributed by atoms with E-state index in [1.54, 1.807) is 24.3 Å². The lowest BCUT2D eigenvalue weighted by molar-refractivity contribution is 0.0698. The third-order valence-corrected chi connectivity index (χ3v) is 4.28. The molecular weight excluding hydrogens is 470 g/mol. The number of rotatable bonds is 3. The molecule has 0 spiro atoms. The van der Waals surface area contributed by atoms with Gasteiger partial charge in [0.15, 0.2) is 0 Å². The minimum atomic E-state index is -1.11. The smallest absolute Gasteiger partial charge is 0.337 e. The molecule has 0 heterocycles. The van der Waals surface area contributed by atoms with E-state index in [2.05, 4.69) is 53.1 Å². The molecule has 0 bridgehead atoms. The number of halogens is 3. The largest absolute Gasteiger partial charge is 0.478 e. The lowest BCUT2D eigenvalue weighted by atomic mass is 10.1. The van der Waals surface area contributed by atoms with E-state index in [1.165, 1.54) is 12.1 Å². The zero-order valence-corrected chi connectivity index (χ0v) is 15.1. The molecule has 7 heteroatoms. The number of benzene rings is 2. The van der Waals surface area contributed by atoms with Crippen LogP contribution >= 0.6 is 47.8 Å². The number of nitrogens with one attached hydrogen (secondary N) is 1. The summed E-state index contributed by atoms with van der Waals surface area (Å²) in [6, 6.07) is 9.77. The second-order valence-corrected chi connectivity index (χ2v) is 6.76. The van der Waals surface area contributed by atoms with Crippen molar-refractivity contribution in [2.45, 2.75) is 0 Å². The van der Waals surface area contributed by atoms with E-state index in [-0.39, 0.29) is 17.2 Å². The molecule has 0 unspecified atom stereocenters. The lowest BCUT2D eigenvalue weighted by Gasteiger charge is -2.10. The quantitative estimate of drug-likeness (QED) is 0.659. The SMILES string of the molecule is O=C(Nc1ccc(Br)cc1C(=O)O)c1ccc(Br)cc1Br. The molecule has 2 N–H and O–H groups in total. The zero-order chi connectivity index (χ0) is 15.6. The average Bonchev–Trinajstić information content (AvgIpc) is 2.40. The van der Waals surface area contributed by atoms with Gasteiger partial charge >= 0.3 is 5.97 Å². The van der Waals surface area contributed by atoms with Crippen LogP contribution in [0.2, 0.25) is 0 Å². The van der Waals surface area contributed by atoms with Crippen molar-refractivity contribution in [2.24, 2.45) is 0 Å². The Kier molecular flexibility index (Phi) is 5.18. The summed E-state index contributed by atoms with van der Waals surface area (Å²) in [5.41, 5.74) is 0.675. The van der Waals surface area contributed by atoms with Crippen molar-refractivity contribution in [1.82, 2.24) is 0 Å². The molecule has 2 aromatic carbocycles. The van der Waals surface area contributed by atoms with Crippen LogP contribution in [0.25, 0.3) is 0 Å². The van der Waals surface area contributed by atoms with Gasteiger partial charge in [-0.15, -0.1) is 0 Å². The number of carbonyl (C=O) groups is 2. The second-order valence-electron chi connectivity index (χ2n) is 4.07. The van der Waals surface area contributed by atoms with Gasteiger partial charge in [-0.25, -0.2) is 4.79 Å². The third-order valence-electron chi connectivity index (χ3n) is 2.64. The molecule has 0 saturated heterocycles. The molecular formula is C14H8Br3NO3. The van der Waals surface area contributed by atoms with Crippen molar-refractivity contribution in [3.63, 3.8) is 0 Å². The fourth-order valence-corrected chi connectivity index (χ4v) is 3.25. The first-order valence-corrected chi connectivity index (χ1v) is 8.05. The summed E-state index contributed by atoms with van der Waals surface area (Å²) in [5.74, 6) is -1.50. The summed E-state index contributed by atoms with van der Waals surface area (Å²) in [7, 11) is 0. The number of carbonyl (C=O) groups excluding carboxylic acids is 1. The van der Waals surface area contributed by atoms with Crippen molar-refractivity contribution in [2.75, 3.05) is 5.32 Å². The Labute approximate surface area is 145 Å². The highest BCUT2D eigenvalue weighted by Gasteiger charge is 2.15. The van der Waals surface area contributed by atoms with Crippen molar-refractivity contribution >= 4 is 65.4 Å². The van der Waals surface area contributed by atoms with Gasteiger partial charge in [-0.1, -0.05) is 31.9 Å². The predicted molar refractivity (Wildman–Crippen MR) is 90.9 cm³/mol. The fourth-order valence-electron chi connectivity index (χ4n) is 1.67. The van der Waals surface area contributed by atoms with Crippen molar-refractivity contribution < 1.29 is 14.7 Å². The molecule has 0 fully saturated rings. The molecule has 2 aromatic rings. The summed E-state index contributed by atoms with van der Waals surface area (Å²) >= 11 is 9.82. The van der Waals surface area contributed by atoms with E-state index < -0.39 is 5.97 Å². The summed E-state index contributed by atoms with van der Waals surface area (Å²) in [6.45, 7) is 0. The molecule has 0 aliphatic rings. The van der Waals surface area contributed by atoms with Gasteiger partial charge in [-0.05, 0) is 52.3 Å². The van der Waals surface area contributed by atoms with Gasteiger partial charge in [0.05, 0.1) is 16.8 Å². The first-order chi connectivity index (χ1) is 9.88. The van der Waals surface area contributed by atoms with Gasteiger partial charge in [0, 0.05) is 13.4 Å². The molecule has 0 radical (unpaired) electrons. The molecule has 0 aliphatic heterocycles. The Hall–Kier alpha value is -1.18. The van der Waals surface area contributed by atoms with E-state index in [0.29, 0.717) is 14.5 Å². The standard InChI is InChI=1S/C14H8Br3NO3/c15-7-2-4-12(10(5-7)14(20)21)18-13(19)9-3-1-8(16)6-11(9)17/h1-6H,(H,18,19)(H,20,21). The lowest BCUT2D eigenvalue weighted by Crippen LogP contribution is -2.15. The molecule has 21 heavy (non-hydrogen) atoms. The molecule has 1 amide bonds. The van der Waals surface area contributed by atoms with Crippen molar-refractivity contribution in [3.8, 4) is 0 Å². The Morgan fingerprint density at radius 3 is 2.14 bits per heavy atom. The highest BCUT2D eigenvalue weighted by Crippen LogP contribution is 2.25. The topological polar surface area (TPSA) is 66.4 Å². The fraction of sp³-hybridized carbons (Fsp3) is 0. The monoisotopic (exact) mass is 475 g/mol. The number of carboxylic acids is 1. The maximum Gasteiger partial charge on any atom is 0.337 e. The summed E-state index contributed by atoms with van der Waals surface area (Å²) in [6.07, 6.45) is 0. The molecule has 0 aromatic heterocycles. The highest BCUT2D eigenvalue weighted by molar-refractivity contribution is 9.11. The average molecular weight is 478 g/mol. The Morgan fingerprint density at radius 2 is 1.52 bits per heavy atom. The van der Waals surface area contributed by atoms with Crippen LogP contribution in [0.4, 0.5) is 5.69 Å². The number of hydrogen-bond donors (Lipinski definition) is 2. The number of aromatic carboxylic acids is 1. The zero-order valence-electron chi connectivity index (χ0n) is 10.4. The van der Waals surface area contributed by atoms with Crippen LogP contribution in [0.15, 0.2) is 49.8 Å². The first kappa shape index (κ1) is 16.2. The van der Waals surface area contributed by atoms with Crippen LogP contribution in [-0.4, -0.2) is 17.0 Å². The Morgan fingerprint density at radius 1 is 0.905 bits per heavy atom. The maximum absolute atomic E-state index is 12.2. The molecule has 108 valence electrons. The normalized spacial score (nSPS) is 10.2. The minimum Gasteiger partial charge on any atom is -0.478 e. The van der Waals surface area contributed by atoms with Crippen LogP contribution in [0.5, 0.6) is 0 Å². The van der Waals surface area contributed by atoms with E-state index in [9.17, 15) is 14.7 Å². The summed E-state index contributed by atoms with van der Waals surface area (Å²) in [5, 5.41) is 11.8. The Balaban J connectivity index is 2.34.